The van der Waals surface area contributed by atoms with Gasteiger partial charge in [-0.05, 0) is 49.1 Å². The van der Waals surface area contributed by atoms with Crippen LogP contribution in [0.1, 0.15) is 32.6 Å². The number of ether oxygens (including phenoxy) is 1. The number of methoxy groups -OCH3 is 1. The maximum Gasteiger partial charge on any atom is 0.293 e. The number of hydrogen-bond donors (Lipinski definition) is 1. The minimum atomic E-state index is -0.341. The van der Waals surface area contributed by atoms with Gasteiger partial charge < -0.3 is 10.1 Å². The van der Waals surface area contributed by atoms with E-state index in [1.807, 2.05) is 24.3 Å². The molecule has 1 saturated carbocycles. The van der Waals surface area contributed by atoms with Crippen molar-refractivity contribution in [2.45, 2.75) is 45.2 Å². The Balaban J connectivity index is 1.54. The molecule has 3 aromatic rings. The second-order valence-corrected chi connectivity index (χ2v) is 7.62. The van der Waals surface area contributed by atoms with Crippen molar-refractivity contribution in [2.75, 3.05) is 7.11 Å². The monoisotopic (exact) mass is 395 g/mol. The third-order valence-electron chi connectivity index (χ3n) is 5.63. The van der Waals surface area contributed by atoms with Gasteiger partial charge in [0.25, 0.3) is 5.56 Å². The average Bonchev–Trinajstić information content (AvgIpc) is 3.17. The van der Waals surface area contributed by atoms with Crippen molar-refractivity contribution in [3.8, 4) is 17.0 Å². The molecule has 1 aliphatic carbocycles. The van der Waals surface area contributed by atoms with Crippen molar-refractivity contribution < 1.29 is 9.53 Å². The number of aromatic nitrogens is 4. The fraction of sp³-hybridized carbons (Fsp3) is 0.429. The van der Waals surface area contributed by atoms with E-state index in [1.54, 1.807) is 13.2 Å². The molecule has 1 aromatic carbocycles. The molecule has 8 heteroatoms. The first kappa shape index (κ1) is 19.2. The van der Waals surface area contributed by atoms with E-state index in [2.05, 4.69) is 22.4 Å². The summed E-state index contributed by atoms with van der Waals surface area (Å²) in [5, 5.41) is 11.6. The van der Waals surface area contributed by atoms with Crippen LogP contribution in [-0.4, -0.2) is 38.5 Å². The van der Waals surface area contributed by atoms with Crippen molar-refractivity contribution >= 4 is 11.4 Å². The number of nitrogens with zero attached hydrogens (tertiary/aromatic N) is 4. The minimum Gasteiger partial charge on any atom is -0.497 e. The summed E-state index contributed by atoms with van der Waals surface area (Å²) in [5.74, 6) is 1.03. The van der Waals surface area contributed by atoms with Gasteiger partial charge in [-0.15, -0.1) is 0 Å². The first-order valence-electron chi connectivity index (χ1n) is 9.94. The first-order chi connectivity index (χ1) is 14.0. The fourth-order valence-corrected chi connectivity index (χ4v) is 3.87. The van der Waals surface area contributed by atoms with Crippen molar-refractivity contribution in [1.29, 1.82) is 0 Å². The zero-order chi connectivity index (χ0) is 20.4. The van der Waals surface area contributed by atoms with E-state index in [-0.39, 0.29) is 24.1 Å². The van der Waals surface area contributed by atoms with Crippen LogP contribution in [0.15, 0.2) is 41.5 Å². The summed E-state index contributed by atoms with van der Waals surface area (Å²) in [6.45, 7) is 2.06. The molecular weight excluding hydrogens is 370 g/mol. The Morgan fingerprint density at radius 3 is 2.72 bits per heavy atom. The SMILES string of the molecule is COc1ccc(-c2cc3c(=O)n(CC(=O)N[C@H]4CCCC[C@@H]4C)ncn3n2)cc1. The molecule has 2 atom stereocenters. The molecule has 0 spiro atoms. The van der Waals surface area contributed by atoms with E-state index in [1.165, 1.54) is 21.9 Å². The van der Waals surface area contributed by atoms with Crippen molar-refractivity contribution in [2.24, 2.45) is 5.92 Å². The highest BCUT2D eigenvalue weighted by atomic mass is 16.5. The number of carbonyl (C=O) groups excluding carboxylic acids is 1. The van der Waals surface area contributed by atoms with Crippen LogP contribution in [0.2, 0.25) is 0 Å². The predicted octanol–water partition coefficient (Wildman–Crippen LogP) is 2.26. The van der Waals surface area contributed by atoms with Crippen LogP contribution in [0.25, 0.3) is 16.8 Å². The van der Waals surface area contributed by atoms with Gasteiger partial charge in [0, 0.05) is 11.6 Å². The Hall–Kier alpha value is -3.16. The topological polar surface area (TPSA) is 90.5 Å². The summed E-state index contributed by atoms with van der Waals surface area (Å²) in [6.07, 6.45) is 5.91. The number of rotatable bonds is 5. The lowest BCUT2D eigenvalue weighted by molar-refractivity contribution is -0.123. The quantitative estimate of drug-likeness (QED) is 0.716. The maximum atomic E-state index is 12.8. The smallest absolute Gasteiger partial charge is 0.293 e. The summed E-state index contributed by atoms with van der Waals surface area (Å²) in [4.78, 5) is 25.3. The molecule has 8 nitrogen and oxygen atoms in total. The Labute approximate surface area is 168 Å². The molecule has 1 fully saturated rings. The average molecular weight is 395 g/mol. The zero-order valence-corrected chi connectivity index (χ0v) is 16.7. The number of carbonyl (C=O) groups is 1. The zero-order valence-electron chi connectivity index (χ0n) is 16.7. The summed E-state index contributed by atoms with van der Waals surface area (Å²) in [7, 11) is 1.61. The molecule has 29 heavy (non-hydrogen) atoms. The van der Waals surface area contributed by atoms with E-state index < -0.39 is 0 Å². The Morgan fingerprint density at radius 1 is 1.24 bits per heavy atom. The van der Waals surface area contributed by atoms with Crippen molar-refractivity contribution in [3.05, 3.63) is 47.0 Å². The standard InChI is InChI=1S/C21H25N5O3/c1-14-5-3-4-6-17(14)23-20(27)12-25-21(28)19-11-18(24-26(19)13-22-25)15-7-9-16(29-2)10-8-15/h7-11,13-14,17H,3-6,12H2,1-2H3,(H,23,27)/t14-,17-/m0/s1. The summed E-state index contributed by atoms with van der Waals surface area (Å²) >= 11 is 0. The fourth-order valence-electron chi connectivity index (χ4n) is 3.87. The molecule has 0 bridgehead atoms. The van der Waals surface area contributed by atoms with Gasteiger partial charge in [-0.2, -0.15) is 10.2 Å². The van der Waals surface area contributed by atoms with E-state index in [0.717, 1.165) is 30.6 Å². The van der Waals surface area contributed by atoms with Gasteiger partial charge in [-0.3, -0.25) is 9.59 Å². The Bertz CT molecular complexity index is 1070. The highest BCUT2D eigenvalue weighted by molar-refractivity contribution is 5.76. The molecule has 2 heterocycles. The lowest BCUT2D eigenvalue weighted by Crippen LogP contribution is -2.44. The van der Waals surface area contributed by atoms with Gasteiger partial charge >= 0.3 is 0 Å². The highest BCUT2D eigenvalue weighted by Gasteiger charge is 2.23. The molecular formula is C21H25N5O3. The van der Waals surface area contributed by atoms with Gasteiger partial charge in [0.15, 0.2) is 0 Å². The molecule has 0 saturated heterocycles. The minimum absolute atomic E-state index is 0.0956. The van der Waals surface area contributed by atoms with Gasteiger partial charge in [-0.1, -0.05) is 19.8 Å². The summed E-state index contributed by atoms with van der Waals surface area (Å²) in [5.41, 5.74) is 1.56. The number of benzene rings is 1. The second-order valence-electron chi connectivity index (χ2n) is 7.62. The van der Waals surface area contributed by atoms with Crippen LogP contribution in [0.3, 0.4) is 0 Å². The summed E-state index contributed by atoms with van der Waals surface area (Å²) in [6, 6.07) is 9.33. The van der Waals surface area contributed by atoms with Gasteiger partial charge in [0.2, 0.25) is 5.91 Å². The highest BCUT2D eigenvalue weighted by Crippen LogP contribution is 2.24. The van der Waals surface area contributed by atoms with E-state index in [9.17, 15) is 9.59 Å². The van der Waals surface area contributed by atoms with Crippen LogP contribution in [0, 0.1) is 5.92 Å². The normalized spacial score (nSPS) is 19.2. The molecule has 0 radical (unpaired) electrons. The molecule has 152 valence electrons. The lowest BCUT2D eigenvalue weighted by atomic mass is 9.86. The van der Waals surface area contributed by atoms with Crippen LogP contribution in [0.4, 0.5) is 0 Å². The lowest BCUT2D eigenvalue weighted by Gasteiger charge is -2.29. The van der Waals surface area contributed by atoms with Crippen LogP contribution in [0.5, 0.6) is 5.75 Å². The Kier molecular flexibility index (Phi) is 5.33. The first-order valence-corrected chi connectivity index (χ1v) is 9.94. The van der Waals surface area contributed by atoms with Crippen LogP contribution >= 0.6 is 0 Å². The third kappa shape index (κ3) is 4.01. The summed E-state index contributed by atoms with van der Waals surface area (Å²) < 4.78 is 7.81. The molecule has 4 rings (SSSR count). The largest absolute Gasteiger partial charge is 0.497 e. The van der Waals surface area contributed by atoms with E-state index >= 15 is 0 Å². The van der Waals surface area contributed by atoms with E-state index in [0.29, 0.717) is 17.1 Å². The third-order valence-corrected chi connectivity index (χ3v) is 5.63. The molecule has 1 amide bonds. The number of nitrogens with one attached hydrogen (secondary N) is 1. The van der Waals surface area contributed by atoms with Crippen molar-refractivity contribution in [3.63, 3.8) is 0 Å². The van der Waals surface area contributed by atoms with Gasteiger partial charge in [-0.25, -0.2) is 9.20 Å². The predicted molar refractivity (Wildman–Crippen MR) is 109 cm³/mol. The molecule has 1 aliphatic rings. The molecule has 0 aliphatic heterocycles. The maximum absolute atomic E-state index is 12.8. The number of hydrogen-bond acceptors (Lipinski definition) is 5. The van der Waals surface area contributed by atoms with Gasteiger partial charge in [0.1, 0.15) is 24.1 Å². The Morgan fingerprint density at radius 2 is 2.00 bits per heavy atom. The second kappa shape index (κ2) is 8.06. The van der Waals surface area contributed by atoms with E-state index in [4.69, 9.17) is 4.74 Å². The number of fused-ring (bicyclic) bond motifs is 1. The van der Waals surface area contributed by atoms with Crippen LogP contribution < -0.4 is 15.6 Å². The van der Waals surface area contributed by atoms with Crippen LogP contribution in [-0.2, 0) is 11.3 Å². The molecule has 0 unspecified atom stereocenters. The molecule has 1 N–H and O–H groups in total. The van der Waals surface area contributed by atoms with Crippen molar-refractivity contribution in [1.82, 2.24) is 24.7 Å². The number of amides is 1. The molecule has 2 aromatic heterocycles. The van der Waals surface area contributed by atoms with Gasteiger partial charge in [0.05, 0.1) is 12.8 Å².